The molecule has 0 saturated carbocycles. The van der Waals surface area contributed by atoms with Gasteiger partial charge in [0.1, 0.15) is 5.82 Å². The van der Waals surface area contributed by atoms with E-state index in [1.54, 1.807) is 0 Å². The van der Waals surface area contributed by atoms with Gasteiger partial charge in [-0.25, -0.2) is 4.98 Å². The van der Waals surface area contributed by atoms with Crippen molar-refractivity contribution in [1.29, 1.82) is 0 Å². The Morgan fingerprint density at radius 3 is 2.87 bits per heavy atom. The molecule has 1 atom stereocenters. The Morgan fingerprint density at radius 2 is 2.13 bits per heavy atom. The molecule has 2 aromatic heterocycles. The highest BCUT2D eigenvalue weighted by atomic mass is 16.5. The molecule has 122 valence electrons. The fourth-order valence-electron chi connectivity index (χ4n) is 3.42. The molecule has 23 heavy (non-hydrogen) atoms. The zero-order chi connectivity index (χ0) is 15.5. The molecular weight excluding hydrogens is 290 g/mol. The van der Waals surface area contributed by atoms with Gasteiger partial charge in [0.15, 0.2) is 0 Å². The minimum Gasteiger partial charge on any atom is -0.357 e. The van der Waals surface area contributed by atoms with E-state index in [0.29, 0.717) is 11.7 Å². The lowest BCUT2D eigenvalue weighted by molar-refractivity contribution is 0.358. The molecule has 2 aliphatic heterocycles. The van der Waals surface area contributed by atoms with Crippen molar-refractivity contribution in [3.05, 3.63) is 24.2 Å². The normalized spacial score (nSPS) is 21.7. The first kappa shape index (κ1) is 14.6. The molecule has 6 nitrogen and oxygen atoms in total. The van der Waals surface area contributed by atoms with Gasteiger partial charge in [0.25, 0.3) is 0 Å². The van der Waals surface area contributed by atoms with Crippen molar-refractivity contribution in [3.63, 3.8) is 0 Å². The first-order valence-corrected chi connectivity index (χ1v) is 8.63. The van der Waals surface area contributed by atoms with Crippen LogP contribution in [0.25, 0.3) is 11.4 Å². The second-order valence-electron chi connectivity index (χ2n) is 6.53. The highest BCUT2D eigenvalue weighted by molar-refractivity contribution is 5.55. The van der Waals surface area contributed by atoms with Crippen LogP contribution in [0.1, 0.15) is 31.6 Å². The lowest BCUT2D eigenvalue weighted by atomic mass is 10.1. The van der Waals surface area contributed by atoms with Crippen molar-refractivity contribution in [3.8, 4) is 11.4 Å². The van der Waals surface area contributed by atoms with Gasteiger partial charge in [0.2, 0.25) is 11.7 Å². The van der Waals surface area contributed by atoms with Crippen LogP contribution < -0.4 is 10.2 Å². The summed E-state index contributed by atoms with van der Waals surface area (Å²) in [4.78, 5) is 11.5. The standard InChI is InChI=1S/C17H23N5O/c1-2-8-22(9-3-1)15-5-4-14(12-19-15)17-20-16(23-21-17)10-13-6-7-18-11-13/h4-5,12-13,18H,1-3,6-11H2. The second kappa shape index (κ2) is 6.66. The highest BCUT2D eigenvalue weighted by Crippen LogP contribution is 2.22. The van der Waals surface area contributed by atoms with E-state index in [2.05, 4.69) is 31.4 Å². The minimum atomic E-state index is 0.614. The van der Waals surface area contributed by atoms with Crippen LogP contribution in [0.3, 0.4) is 0 Å². The van der Waals surface area contributed by atoms with E-state index in [1.165, 1.54) is 25.7 Å². The maximum absolute atomic E-state index is 5.40. The minimum absolute atomic E-state index is 0.614. The second-order valence-corrected chi connectivity index (χ2v) is 6.53. The van der Waals surface area contributed by atoms with Gasteiger partial charge in [-0.15, -0.1) is 0 Å². The zero-order valence-corrected chi connectivity index (χ0v) is 13.4. The molecule has 6 heteroatoms. The van der Waals surface area contributed by atoms with E-state index in [4.69, 9.17) is 4.52 Å². The van der Waals surface area contributed by atoms with Crippen LogP contribution in [0.4, 0.5) is 5.82 Å². The molecule has 2 aliphatic rings. The van der Waals surface area contributed by atoms with Crippen molar-refractivity contribution in [2.45, 2.75) is 32.1 Å². The summed E-state index contributed by atoms with van der Waals surface area (Å²) < 4.78 is 5.40. The third-order valence-corrected chi connectivity index (χ3v) is 4.78. The maximum Gasteiger partial charge on any atom is 0.227 e. The predicted molar refractivity (Wildman–Crippen MR) is 88.3 cm³/mol. The Kier molecular flexibility index (Phi) is 4.24. The Hall–Kier alpha value is -1.95. The molecule has 0 radical (unpaired) electrons. The number of pyridine rings is 1. The summed E-state index contributed by atoms with van der Waals surface area (Å²) in [6.07, 6.45) is 7.75. The molecule has 0 amide bonds. The molecule has 0 bridgehead atoms. The molecule has 0 aromatic carbocycles. The largest absolute Gasteiger partial charge is 0.357 e. The van der Waals surface area contributed by atoms with E-state index in [-0.39, 0.29) is 0 Å². The smallest absolute Gasteiger partial charge is 0.227 e. The van der Waals surface area contributed by atoms with Gasteiger partial charge in [0, 0.05) is 31.3 Å². The van der Waals surface area contributed by atoms with Gasteiger partial charge >= 0.3 is 0 Å². The van der Waals surface area contributed by atoms with E-state index < -0.39 is 0 Å². The summed E-state index contributed by atoms with van der Waals surface area (Å²) >= 11 is 0. The lowest BCUT2D eigenvalue weighted by Crippen LogP contribution is -2.29. The monoisotopic (exact) mass is 313 g/mol. The van der Waals surface area contributed by atoms with Crippen LogP contribution in [-0.4, -0.2) is 41.3 Å². The van der Waals surface area contributed by atoms with Gasteiger partial charge in [-0.2, -0.15) is 4.98 Å². The van der Waals surface area contributed by atoms with E-state index >= 15 is 0 Å². The van der Waals surface area contributed by atoms with Crippen molar-refractivity contribution < 1.29 is 4.52 Å². The number of hydrogen-bond acceptors (Lipinski definition) is 6. The van der Waals surface area contributed by atoms with Crippen molar-refractivity contribution in [2.75, 3.05) is 31.1 Å². The fourth-order valence-corrected chi connectivity index (χ4v) is 3.42. The van der Waals surface area contributed by atoms with Crippen molar-refractivity contribution in [1.82, 2.24) is 20.4 Å². The average molecular weight is 313 g/mol. The number of hydrogen-bond donors (Lipinski definition) is 1. The van der Waals surface area contributed by atoms with Gasteiger partial charge in [-0.1, -0.05) is 5.16 Å². The van der Waals surface area contributed by atoms with Crippen LogP contribution in [-0.2, 0) is 6.42 Å². The summed E-state index contributed by atoms with van der Waals surface area (Å²) in [5.74, 6) is 3.04. The van der Waals surface area contributed by atoms with Gasteiger partial charge < -0.3 is 14.7 Å². The molecule has 0 spiro atoms. The number of nitrogens with zero attached hydrogens (tertiary/aromatic N) is 4. The van der Waals surface area contributed by atoms with Crippen LogP contribution >= 0.6 is 0 Å². The SMILES string of the molecule is c1cc(N2CCCCC2)ncc1-c1noc(CC2CCNC2)n1. The molecule has 2 saturated heterocycles. The molecule has 0 aliphatic carbocycles. The molecule has 1 N–H and O–H groups in total. The van der Waals surface area contributed by atoms with Crippen molar-refractivity contribution in [2.24, 2.45) is 5.92 Å². The summed E-state index contributed by atoms with van der Waals surface area (Å²) in [7, 11) is 0. The summed E-state index contributed by atoms with van der Waals surface area (Å²) in [5, 5.41) is 7.47. The van der Waals surface area contributed by atoms with E-state index in [1.807, 2.05) is 12.3 Å². The Bertz CT molecular complexity index is 627. The van der Waals surface area contributed by atoms with Gasteiger partial charge in [-0.05, 0) is 56.8 Å². The first-order valence-electron chi connectivity index (χ1n) is 8.63. The average Bonchev–Trinajstić information content (AvgIpc) is 3.28. The number of piperidine rings is 1. The molecule has 4 rings (SSSR count). The number of aromatic nitrogens is 3. The van der Waals surface area contributed by atoms with Crippen LogP contribution in [0, 0.1) is 5.92 Å². The molecule has 4 heterocycles. The van der Waals surface area contributed by atoms with Crippen LogP contribution in [0.15, 0.2) is 22.9 Å². The van der Waals surface area contributed by atoms with Gasteiger partial charge in [0.05, 0.1) is 0 Å². The highest BCUT2D eigenvalue weighted by Gasteiger charge is 2.19. The number of nitrogens with one attached hydrogen (secondary N) is 1. The van der Waals surface area contributed by atoms with E-state index in [0.717, 1.165) is 49.9 Å². The lowest BCUT2D eigenvalue weighted by Gasteiger charge is -2.27. The zero-order valence-electron chi connectivity index (χ0n) is 13.4. The number of rotatable bonds is 4. The summed E-state index contributed by atoms with van der Waals surface area (Å²) in [5.41, 5.74) is 0.922. The van der Waals surface area contributed by atoms with Crippen molar-refractivity contribution >= 4 is 5.82 Å². The topological polar surface area (TPSA) is 67.1 Å². The Labute approximate surface area is 136 Å². The fraction of sp³-hybridized carbons (Fsp3) is 0.588. The molecule has 2 aromatic rings. The molecule has 2 fully saturated rings. The third-order valence-electron chi connectivity index (χ3n) is 4.78. The van der Waals surface area contributed by atoms with Crippen LogP contribution in [0.2, 0.25) is 0 Å². The molecule has 1 unspecified atom stereocenters. The predicted octanol–water partition coefficient (Wildman–Crippen LogP) is 2.27. The molecular formula is C17H23N5O. The van der Waals surface area contributed by atoms with E-state index in [9.17, 15) is 0 Å². The first-order chi connectivity index (χ1) is 11.4. The Morgan fingerprint density at radius 1 is 1.22 bits per heavy atom. The maximum atomic E-state index is 5.40. The summed E-state index contributed by atoms with van der Waals surface area (Å²) in [6, 6.07) is 4.11. The van der Waals surface area contributed by atoms with Crippen LogP contribution in [0.5, 0.6) is 0 Å². The Balaban J connectivity index is 1.44. The number of anilines is 1. The summed E-state index contributed by atoms with van der Waals surface area (Å²) in [6.45, 7) is 4.35. The quantitative estimate of drug-likeness (QED) is 0.934. The van der Waals surface area contributed by atoms with Gasteiger partial charge in [-0.3, -0.25) is 0 Å². The third kappa shape index (κ3) is 3.37.